The summed E-state index contributed by atoms with van der Waals surface area (Å²) in [5, 5.41) is 13.4. The third-order valence-electron chi connectivity index (χ3n) is 4.00. The molecule has 148 valence electrons. The molecule has 9 nitrogen and oxygen atoms in total. The molecule has 0 aliphatic rings. The minimum Gasteiger partial charge on any atom is -0.481 e. The molecule has 0 bridgehead atoms. The van der Waals surface area contributed by atoms with Crippen LogP contribution in [0.2, 0.25) is 0 Å². The topological polar surface area (TPSA) is 141 Å². The second-order valence-corrected chi connectivity index (χ2v) is 6.29. The zero-order valence-electron chi connectivity index (χ0n) is 15.3. The number of hydrogen-bond donors (Lipinski definition) is 4. The van der Waals surface area contributed by atoms with Gasteiger partial charge in [-0.25, -0.2) is 4.98 Å². The van der Waals surface area contributed by atoms with Gasteiger partial charge < -0.3 is 25.5 Å². The highest BCUT2D eigenvalue weighted by Gasteiger charge is 2.22. The van der Waals surface area contributed by atoms with E-state index in [-0.39, 0.29) is 5.82 Å². The van der Waals surface area contributed by atoms with Crippen molar-refractivity contribution in [1.82, 2.24) is 20.6 Å². The molecule has 0 spiro atoms. The molecule has 0 unspecified atom stereocenters. The van der Waals surface area contributed by atoms with Gasteiger partial charge in [0.15, 0.2) is 5.82 Å². The number of hydrogen-bond acceptors (Lipinski definition) is 5. The van der Waals surface area contributed by atoms with Gasteiger partial charge in [-0.15, -0.1) is 0 Å². The Labute approximate surface area is 161 Å². The van der Waals surface area contributed by atoms with Crippen molar-refractivity contribution < 1.29 is 24.3 Å². The fraction of sp³-hybridized carbons (Fsp3) is 0.316. The van der Waals surface area contributed by atoms with E-state index in [2.05, 4.69) is 20.6 Å². The van der Waals surface area contributed by atoms with Crippen molar-refractivity contribution in [2.45, 2.75) is 38.3 Å². The summed E-state index contributed by atoms with van der Waals surface area (Å²) >= 11 is 0. The Morgan fingerprint density at radius 2 is 1.89 bits per heavy atom. The van der Waals surface area contributed by atoms with Crippen LogP contribution in [0.4, 0.5) is 0 Å². The molecule has 2 rings (SSSR count). The first-order chi connectivity index (χ1) is 13.4. The number of nitrogens with one attached hydrogen (secondary N) is 3. The molecule has 4 N–H and O–H groups in total. The molecule has 0 radical (unpaired) electrons. The number of carboxylic acid groups (broad SMARTS) is 1. The maximum Gasteiger partial charge on any atom is 0.305 e. The predicted octanol–water partition coefficient (Wildman–Crippen LogP) is 0.472. The van der Waals surface area contributed by atoms with E-state index in [0.717, 1.165) is 12.1 Å². The van der Waals surface area contributed by atoms with E-state index >= 15 is 0 Å². The number of aromatic amines is 1. The molecular formula is C19H22N4O5. The van der Waals surface area contributed by atoms with E-state index < -0.39 is 36.3 Å². The van der Waals surface area contributed by atoms with Gasteiger partial charge >= 0.3 is 5.97 Å². The Morgan fingerprint density at radius 3 is 2.54 bits per heavy atom. The van der Waals surface area contributed by atoms with E-state index in [4.69, 9.17) is 5.11 Å². The van der Waals surface area contributed by atoms with Gasteiger partial charge in [-0.2, -0.15) is 0 Å². The molecule has 1 aromatic carbocycles. The average Bonchev–Trinajstić information content (AvgIpc) is 3.15. The summed E-state index contributed by atoms with van der Waals surface area (Å²) < 4.78 is 0. The number of nitrogens with zero attached hydrogens (tertiary/aromatic N) is 1. The quantitative estimate of drug-likeness (QED) is 0.438. The Hall–Kier alpha value is -3.49. The SMILES string of the molecule is C[C@H](NC(=O)c1ncc(CCc2ccccc2)[nH]1)C(=O)N[C@H](C=O)CC(=O)O. The van der Waals surface area contributed by atoms with Gasteiger partial charge in [-0.1, -0.05) is 30.3 Å². The Balaban J connectivity index is 1.86. The lowest BCUT2D eigenvalue weighted by Gasteiger charge is -2.16. The highest BCUT2D eigenvalue weighted by Crippen LogP contribution is 2.06. The van der Waals surface area contributed by atoms with Crippen molar-refractivity contribution in [2.75, 3.05) is 0 Å². The van der Waals surface area contributed by atoms with Crippen LogP contribution in [0.25, 0.3) is 0 Å². The lowest BCUT2D eigenvalue weighted by molar-refractivity contribution is -0.138. The molecular weight excluding hydrogens is 364 g/mol. The van der Waals surface area contributed by atoms with Crippen molar-refractivity contribution >= 4 is 24.1 Å². The number of carboxylic acids is 1. The van der Waals surface area contributed by atoms with E-state index in [0.29, 0.717) is 12.7 Å². The molecule has 1 aromatic heterocycles. The fourth-order valence-corrected chi connectivity index (χ4v) is 2.48. The molecule has 2 amide bonds. The first kappa shape index (κ1) is 20.8. The average molecular weight is 386 g/mol. The molecule has 9 heteroatoms. The maximum atomic E-state index is 12.2. The number of imidazole rings is 1. The third kappa shape index (κ3) is 6.35. The van der Waals surface area contributed by atoms with E-state index in [1.54, 1.807) is 6.20 Å². The zero-order chi connectivity index (χ0) is 20.5. The van der Waals surface area contributed by atoms with E-state index in [1.165, 1.54) is 12.5 Å². The number of amides is 2. The van der Waals surface area contributed by atoms with Crippen LogP contribution in [0, 0.1) is 0 Å². The fourth-order valence-electron chi connectivity index (χ4n) is 2.48. The number of carbonyl (C=O) groups is 4. The van der Waals surface area contributed by atoms with Crippen molar-refractivity contribution in [3.8, 4) is 0 Å². The number of aryl methyl sites for hydroxylation is 2. The van der Waals surface area contributed by atoms with Crippen molar-refractivity contribution in [1.29, 1.82) is 0 Å². The number of H-pyrrole nitrogens is 1. The number of aromatic nitrogens is 2. The van der Waals surface area contributed by atoms with Gasteiger partial charge in [0.25, 0.3) is 5.91 Å². The normalized spacial score (nSPS) is 12.6. The van der Waals surface area contributed by atoms with Crippen LogP contribution in [0.1, 0.15) is 35.2 Å². The lowest BCUT2D eigenvalue weighted by atomic mass is 10.1. The van der Waals surface area contributed by atoms with Gasteiger partial charge in [-0.05, 0) is 25.3 Å². The van der Waals surface area contributed by atoms with E-state index in [1.807, 2.05) is 30.3 Å². The molecule has 0 fully saturated rings. The molecule has 2 atom stereocenters. The molecule has 0 saturated heterocycles. The third-order valence-corrected chi connectivity index (χ3v) is 4.00. The molecule has 0 aliphatic carbocycles. The largest absolute Gasteiger partial charge is 0.481 e. The highest BCUT2D eigenvalue weighted by molar-refractivity contribution is 5.95. The number of carbonyl (C=O) groups excluding carboxylic acids is 3. The van der Waals surface area contributed by atoms with Gasteiger partial charge in [0.1, 0.15) is 12.3 Å². The van der Waals surface area contributed by atoms with Gasteiger partial charge in [0.05, 0.1) is 12.5 Å². The molecule has 0 saturated carbocycles. The van der Waals surface area contributed by atoms with Crippen LogP contribution < -0.4 is 10.6 Å². The number of rotatable bonds is 10. The van der Waals surface area contributed by atoms with Gasteiger partial charge in [-0.3, -0.25) is 14.4 Å². The zero-order valence-corrected chi connectivity index (χ0v) is 15.3. The maximum absolute atomic E-state index is 12.2. The highest BCUT2D eigenvalue weighted by atomic mass is 16.4. The summed E-state index contributed by atoms with van der Waals surface area (Å²) in [6.45, 7) is 1.43. The summed E-state index contributed by atoms with van der Waals surface area (Å²) in [7, 11) is 0. The van der Waals surface area contributed by atoms with Crippen LogP contribution in [0.3, 0.4) is 0 Å². The van der Waals surface area contributed by atoms with Crippen LogP contribution >= 0.6 is 0 Å². The summed E-state index contributed by atoms with van der Waals surface area (Å²) in [6, 6.07) is 7.76. The lowest BCUT2D eigenvalue weighted by Crippen LogP contribution is -2.49. The van der Waals surface area contributed by atoms with Crippen LogP contribution in [-0.2, 0) is 27.2 Å². The summed E-state index contributed by atoms with van der Waals surface area (Å²) in [4.78, 5) is 52.7. The second kappa shape index (κ2) is 10.0. The smallest absolute Gasteiger partial charge is 0.305 e. The number of benzene rings is 1. The molecule has 0 aliphatic heterocycles. The number of aldehydes is 1. The molecule has 1 heterocycles. The monoisotopic (exact) mass is 386 g/mol. The molecule has 2 aromatic rings. The van der Waals surface area contributed by atoms with Crippen molar-refractivity contribution in [3.63, 3.8) is 0 Å². The van der Waals surface area contributed by atoms with Crippen LogP contribution in [-0.4, -0.2) is 51.2 Å². The standard InChI is InChI=1S/C19H22N4O5/c1-12(18(27)23-15(11-24)9-16(25)26)21-19(28)17-20-10-14(22-17)8-7-13-5-3-2-4-6-13/h2-6,10-12,15H,7-9H2,1H3,(H,20,22)(H,21,28)(H,23,27)(H,25,26)/t12-,15-/m0/s1. The van der Waals surface area contributed by atoms with Gasteiger partial charge in [0, 0.05) is 11.9 Å². The summed E-state index contributed by atoms with van der Waals surface area (Å²) in [5.41, 5.74) is 1.95. The van der Waals surface area contributed by atoms with Crippen LogP contribution in [0.15, 0.2) is 36.5 Å². The first-order valence-corrected chi connectivity index (χ1v) is 8.75. The van der Waals surface area contributed by atoms with E-state index in [9.17, 15) is 19.2 Å². The first-order valence-electron chi connectivity index (χ1n) is 8.75. The Morgan fingerprint density at radius 1 is 1.18 bits per heavy atom. The van der Waals surface area contributed by atoms with Crippen molar-refractivity contribution in [2.24, 2.45) is 0 Å². The van der Waals surface area contributed by atoms with Crippen LogP contribution in [0.5, 0.6) is 0 Å². The summed E-state index contributed by atoms with van der Waals surface area (Å²) in [6.07, 6.45) is 2.85. The van der Waals surface area contributed by atoms with Gasteiger partial charge in [0.2, 0.25) is 5.91 Å². The second-order valence-electron chi connectivity index (χ2n) is 6.29. The summed E-state index contributed by atoms with van der Waals surface area (Å²) in [5.74, 6) is -2.38. The number of aliphatic carboxylic acids is 1. The van der Waals surface area contributed by atoms with Crippen molar-refractivity contribution in [3.05, 3.63) is 53.6 Å². The minimum absolute atomic E-state index is 0.0696. The Bertz CT molecular complexity index is 834. The molecule has 28 heavy (non-hydrogen) atoms. The minimum atomic E-state index is -1.22. The predicted molar refractivity (Wildman–Crippen MR) is 99.6 cm³/mol. The Kier molecular flexibility index (Phi) is 7.44.